The molecule has 6 nitrogen and oxygen atoms in total. The average molecular weight is 384 g/mol. The third-order valence-electron chi connectivity index (χ3n) is 4.55. The molecule has 0 aliphatic heterocycles. The summed E-state index contributed by atoms with van der Waals surface area (Å²) in [5, 5.41) is 2.89. The standard InChI is InChI=1S/C22H28N2O4/c1-5-17-8-6-7-9-18(17)23-21(25)15-24(2)22(26)13-11-16-10-12-19(27-3)20(14-16)28-4/h6-10,12,14H,5,11,13,15H2,1-4H3,(H,23,25). The fraction of sp³-hybridized carbons (Fsp3) is 0.364. The molecular formula is C22H28N2O4. The van der Waals surface area contributed by atoms with E-state index in [1.807, 2.05) is 49.4 Å². The minimum absolute atomic E-state index is 0.0167. The van der Waals surface area contributed by atoms with Crippen LogP contribution in [0.1, 0.15) is 24.5 Å². The number of amides is 2. The molecular weight excluding hydrogens is 356 g/mol. The van der Waals surface area contributed by atoms with Crippen molar-refractivity contribution >= 4 is 17.5 Å². The second kappa shape index (κ2) is 10.3. The van der Waals surface area contributed by atoms with Crippen LogP contribution < -0.4 is 14.8 Å². The average Bonchev–Trinajstić information content (AvgIpc) is 2.71. The maximum Gasteiger partial charge on any atom is 0.243 e. The molecule has 0 aromatic heterocycles. The Balaban J connectivity index is 1.88. The summed E-state index contributed by atoms with van der Waals surface area (Å²) in [6.45, 7) is 2.05. The van der Waals surface area contributed by atoms with Crippen molar-refractivity contribution in [1.29, 1.82) is 0 Å². The molecule has 2 amide bonds. The topological polar surface area (TPSA) is 67.9 Å². The van der Waals surface area contributed by atoms with Crippen LogP contribution in [0.15, 0.2) is 42.5 Å². The van der Waals surface area contributed by atoms with Crippen LogP contribution in [0.5, 0.6) is 11.5 Å². The molecule has 0 spiro atoms. The fourth-order valence-electron chi connectivity index (χ4n) is 2.92. The highest BCUT2D eigenvalue weighted by molar-refractivity contribution is 5.95. The van der Waals surface area contributed by atoms with Gasteiger partial charge in [0.05, 0.1) is 20.8 Å². The van der Waals surface area contributed by atoms with Crippen LogP contribution in [0.25, 0.3) is 0 Å². The number of anilines is 1. The van der Waals surface area contributed by atoms with E-state index in [0.29, 0.717) is 24.3 Å². The summed E-state index contributed by atoms with van der Waals surface area (Å²) in [6.07, 6.45) is 1.70. The Kier molecular flexibility index (Phi) is 7.87. The van der Waals surface area contributed by atoms with E-state index in [1.165, 1.54) is 4.90 Å². The summed E-state index contributed by atoms with van der Waals surface area (Å²) in [5.74, 6) is 0.991. The maximum atomic E-state index is 12.4. The minimum atomic E-state index is -0.206. The van der Waals surface area contributed by atoms with Gasteiger partial charge in [-0.3, -0.25) is 9.59 Å². The van der Waals surface area contributed by atoms with Gasteiger partial charge in [-0.25, -0.2) is 0 Å². The number of para-hydroxylation sites is 1. The number of aryl methyl sites for hydroxylation is 2. The second-order valence-corrected chi connectivity index (χ2v) is 6.50. The Bertz CT molecular complexity index is 820. The summed E-state index contributed by atoms with van der Waals surface area (Å²) in [4.78, 5) is 26.1. The van der Waals surface area contributed by atoms with Gasteiger partial charge in [-0.2, -0.15) is 0 Å². The molecule has 0 fully saturated rings. The van der Waals surface area contributed by atoms with Crippen molar-refractivity contribution in [3.8, 4) is 11.5 Å². The predicted molar refractivity (Wildman–Crippen MR) is 110 cm³/mol. The van der Waals surface area contributed by atoms with Crippen molar-refractivity contribution in [1.82, 2.24) is 4.90 Å². The van der Waals surface area contributed by atoms with Crippen molar-refractivity contribution in [2.24, 2.45) is 0 Å². The molecule has 2 aromatic rings. The Hall–Kier alpha value is -3.02. The van der Waals surface area contributed by atoms with Crippen molar-refractivity contribution in [3.63, 3.8) is 0 Å². The van der Waals surface area contributed by atoms with Gasteiger partial charge in [0, 0.05) is 19.2 Å². The number of methoxy groups -OCH3 is 2. The van der Waals surface area contributed by atoms with E-state index in [-0.39, 0.29) is 18.4 Å². The summed E-state index contributed by atoms with van der Waals surface area (Å²) in [7, 11) is 4.80. The number of rotatable bonds is 9. The van der Waals surface area contributed by atoms with Crippen LogP contribution in [-0.4, -0.2) is 44.5 Å². The van der Waals surface area contributed by atoms with Gasteiger partial charge in [-0.15, -0.1) is 0 Å². The Morgan fingerprint density at radius 1 is 1.04 bits per heavy atom. The Morgan fingerprint density at radius 2 is 1.75 bits per heavy atom. The molecule has 0 heterocycles. The highest BCUT2D eigenvalue weighted by Gasteiger charge is 2.14. The predicted octanol–water partition coefficient (Wildman–Crippen LogP) is 3.30. The normalized spacial score (nSPS) is 10.3. The summed E-state index contributed by atoms with van der Waals surface area (Å²) < 4.78 is 10.5. The molecule has 6 heteroatoms. The Labute approximate surface area is 166 Å². The number of carbonyl (C=O) groups excluding carboxylic acids is 2. The van der Waals surface area contributed by atoms with Crippen LogP contribution in [-0.2, 0) is 22.4 Å². The van der Waals surface area contributed by atoms with E-state index in [9.17, 15) is 9.59 Å². The highest BCUT2D eigenvalue weighted by Crippen LogP contribution is 2.28. The first-order valence-electron chi connectivity index (χ1n) is 9.31. The molecule has 1 N–H and O–H groups in total. The van der Waals surface area contributed by atoms with Crippen LogP contribution >= 0.6 is 0 Å². The first-order chi connectivity index (χ1) is 13.5. The molecule has 28 heavy (non-hydrogen) atoms. The zero-order valence-corrected chi connectivity index (χ0v) is 17.0. The van der Waals surface area contributed by atoms with E-state index >= 15 is 0 Å². The smallest absolute Gasteiger partial charge is 0.243 e. The van der Waals surface area contributed by atoms with Crippen LogP contribution in [0.3, 0.4) is 0 Å². The number of nitrogens with one attached hydrogen (secondary N) is 1. The number of nitrogens with zero attached hydrogens (tertiary/aromatic N) is 1. The van der Waals surface area contributed by atoms with Gasteiger partial charge in [-0.1, -0.05) is 31.2 Å². The van der Waals surface area contributed by atoms with E-state index in [2.05, 4.69) is 5.32 Å². The van der Waals surface area contributed by atoms with Crippen LogP contribution in [0.4, 0.5) is 5.69 Å². The first kappa shape index (κ1) is 21.3. The molecule has 0 saturated heterocycles. The third kappa shape index (κ3) is 5.74. The molecule has 0 atom stereocenters. The Morgan fingerprint density at radius 3 is 2.43 bits per heavy atom. The summed E-state index contributed by atoms with van der Waals surface area (Å²) >= 11 is 0. The molecule has 0 unspecified atom stereocenters. The molecule has 0 radical (unpaired) electrons. The van der Waals surface area contributed by atoms with Gasteiger partial charge in [0.25, 0.3) is 0 Å². The van der Waals surface area contributed by atoms with E-state index in [4.69, 9.17) is 9.47 Å². The second-order valence-electron chi connectivity index (χ2n) is 6.50. The zero-order chi connectivity index (χ0) is 20.5. The lowest BCUT2D eigenvalue weighted by atomic mass is 10.1. The van der Waals surface area contributed by atoms with Crippen LogP contribution in [0.2, 0.25) is 0 Å². The van der Waals surface area contributed by atoms with Crippen molar-refractivity contribution in [3.05, 3.63) is 53.6 Å². The first-order valence-corrected chi connectivity index (χ1v) is 9.31. The number of hydrogen-bond acceptors (Lipinski definition) is 4. The number of ether oxygens (including phenoxy) is 2. The van der Waals surface area contributed by atoms with Gasteiger partial charge in [-0.05, 0) is 42.2 Å². The van der Waals surface area contributed by atoms with Crippen molar-refractivity contribution in [2.45, 2.75) is 26.2 Å². The van der Waals surface area contributed by atoms with Crippen molar-refractivity contribution < 1.29 is 19.1 Å². The van der Waals surface area contributed by atoms with E-state index in [1.54, 1.807) is 21.3 Å². The molecule has 0 bridgehead atoms. The fourth-order valence-corrected chi connectivity index (χ4v) is 2.92. The van der Waals surface area contributed by atoms with Gasteiger partial charge < -0.3 is 19.7 Å². The number of benzene rings is 2. The number of likely N-dealkylation sites (N-methyl/N-ethyl adjacent to an activating group) is 1. The molecule has 150 valence electrons. The van der Waals surface area contributed by atoms with Gasteiger partial charge >= 0.3 is 0 Å². The maximum absolute atomic E-state index is 12.4. The zero-order valence-electron chi connectivity index (χ0n) is 17.0. The lowest BCUT2D eigenvalue weighted by molar-refractivity contribution is -0.133. The third-order valence-corrected chi connectivity index (χ3v) is 4.55. The molecule has 2 aromatic carbocycles. The number of hydrogen-bond donors (Lipinski definition) is 1. The molecule has 0 aliphatic rings. The summed E-state index contributed by atoms with van der Waals surface area (Å²) in [5.41, 5.74) is 2.83. The quantitative estimate of drug-likeness (QED) is 0.720. The monoisotopic (exact) mass is 384 g/mol. The van der Waals surface area contributed by atoms with Gasteiger partial charge in [0.1, 0.15) is 0 Å². The van der Waals surface area contributed by atoms with Crippen molar-refractivity contribution in [2.75, 3.05) is 33.1 Å². The minimum Gasteiger partial charge on any atom is -0.493 e. The van der Waals surface area contributed by atoms with Gasteiger partial charge in [0.15, 0.2) is 11.5 Å². The van der Waals surface area contributed by atoms with E-state index < -0.39 is 0 Å². The highest BCUT2D eigenvalue weighted by atomic mass is 16.5. The SMILES string of the molecule is CCc1ccccc1NC(=O)CN(C)C(=O)CCc1ccc(OC)c(OC)c1. The largest absolute Gasteiger partial charge is 0.493 e. The van der Waals surface area contributed by atoms with Crippen LogP contribution in [0, 0.1) is 0 Å². The molecule has 0 saturated carbocycles. The molecule has 0 aliphatic carbocycles. The molecule has 2 rings (SSSR count). The number of carbonyl (C=O) groups is 2. The summed E-state index contributed by atoms with van der Waals surface area (Å²) in [6, 6.07) is 13.3. The lowest BCUT2D eigenvalue weighted by Gasteiger charge is -2.18. The van der Waals surface area contributed by atoms with Gasteiger partial charge in [0.2, 0.25) is 11.8 Å². The lowest BCUT2D eigenvalue weighted by Crippen LogP contribution is -2.35. The van der Waals surface area contributed by atoms with E-state index in [0.717, 1.165) is 23.2 Å².